The Hall–Kier alpha value is -3.52. The molecule has 0 aliphatic carbocycles. The number of hydrogen-bond acceptors (Lipinski definition) is 5. The van der Waals surface area contributed by atoms with E-state index in [1.165, 1.54) is 18.2 Å². The summed E-state index contributed by atoms with van der Waals surface area (Å²) in [6.45, 7) is 3.51. The van der Waals surface area contributed by atoms with Gasteiger partial charge in [-0.1, -0.05) is 23.7 Å². The number of nitrogens with zero attached hydrogens (tertiary/aromatic N) is 1. The zero-order valence-corrected chi connectivity index (χ0v) is 17.1. The van der Waals surface area contributed by atoms with Crippen molar-refractivity contribution in [2.45, 2.75) is 13.8 Å². The summed E-state index contributed by atoms with van der Waals surface area (Å²) in [5, 5.41) is 15.1. The van der Waals surface area contributed by atoms with Crippen LogP contribution in [0.5, 0.6) is 11.5 Å². The van der Waals surface area contributed by atoms with Crippen LogP contribution in [-0.2, 0) is 9.59 Å². The Morgan fingerprint density at radius 3 is 2.77 bits per heavy atom. The molecule has 3 rings (SSSR count). The summed E-state index contributed by atoms with van der Waals surface area (Å²) in [6, 6.07) is 9.38. The first-order valence-corrected chi connectivity index (χ1v) is 9.52. The number of carbonyl (C=O) groups excluding carboxylic acids is 3. The van der Waals surface area contributed by atoms with E-state index < -0.39 is 24.4 Å². The third kappa shape index (κ3) is 4.72. The number of benzene rings is 2. The number of halogens is 1. The first kappa shape index (κ1) is 21.2. The lowest BCUT2D eigenvalue weighted by atomic mass is 10.1. The fourth-order valence-corrected chi connectivity index (χ4v) is 3.11. The molecule has 4 amide bonds. The van der Waals surface area contributed by atoms with Crippen molar-refractivity contribution in [1.29, 1.82) is 0 Å². The fourth-order valence-electron chi connectivity index (χ4n) is 2.89. The van der Waals surface area contributed by atoms with Crippen LogP contribution in [-0.4, -0.2) is 41.0 Å². The first-order valence-electron chi connectivity index (χ1n) is 9.15. The minimum atomic E-state index is -0.708. The van der Waals surface area contributed by atoms with Gasteiger partial charge in [-0.15, -0.1) is 0 Å². The van der Waals surface area contributed by atoms with Gasteiger partial charge in [0, 0.05) is 5.69 Å². The van der Waals surface area contributed by atoms with Gasteiger partial charge in [0.05, 0.1) is 11.6 Å². The van der Waals surface area contributed by atoms with Gasteiger partial charge in [-0.2, -0.15) is 0 Å². The Kier molecular flexibility index (Phi) is 6.27. The number of ether oxygens (including phenoxy) is 1. The Morgan fingerprint density at radius 1 is 1.30 bits per heavy atom. The Balaban J connectivity index is 1.75. The van der Waals surface area contributed by atoms with Crippen LogP contribution < -0.4 is 15.4 Å². The van der Waals surface area contributed by atoms with Crippen LogP contribution >= 0.6 is 11.6 Å². The summed E-state index contributed by atoms with van der Waals surface area (Å²) in [5.74, 6) is -1.21. The van der Waals surface area contributed by atoms with E-state index >= 15 is 0 Å². The number of phenolic OH excluding ortho intramolecular Hbond substituents is 1. The molecule has 1 heterocycles. The zero-order valence-electron chi connectivity index (χ0n) is 16.4. The van der Waals surface area contributed by atoms with Crippen molar-refractivity contribution >= 4 is 41.2 Å². The van der Waals surface area contributed by atoms with E-state index in [1.54, 1.807) is 25.1 Å². The predicted molar refractivity (Wildman–Crippen MR) is 112 cm³/mol. The van der Waals surface area contributed by atoms with Crippen LogP contribution in [0.2, 0.25) is 5.02 Å². The number of carbonyl (C=O) groups is 3. The Labute approximate surface area is 178 Å². The second-order valence-corrected chi connectivity index (χ2v) is 6.99. The summed E-state index contributed by atoms with van der Waals surface area (Å²) in [4.78, 5) is 37.9. The van der Waals surface area contributed by atoms with Crippen LogP contribution in [0.1, 0.15) is 18.1 Å². The highest BCUT2D eigenvalue weighted by Crippen LogP contribution is 2.36. The standard InChI is InChI=1S/C21H20ClN3O5/c1-3-30-17-10-13(8-15(22)19(17)27)9-16-20(28)25(21(29)24-16)11-18(26)23-14-6-4-5-12(2)7-14/h4-10,27H,3,11H2,1-2H3,(H,23,26)(H,24,29)/b16-9-. The average molecular weight is 430 g/mol. The number of phenols is 1. The van der Waals surface area contributed by atoms with Gasteiger partial charge in [0.15, 0.2) is 11.5 Å². The maximum atomic E-state index is 12.6. The molecule has 156 valence electrons. The number of rotatable bonds is 6. The molecule has 2 aromatic carbocycles. The molecule has 0 bridgehead atoms. The van der Waals surface area contributed by atoms with Crippen molar-refractivity contribution in [2.24, 2.45) is 0 Å². The molecule has 0 saturated carbocycles. The molecule has 0 aromatic heterocycles. The predicted octanol–water partition coefficient (Wildman–Crippen LogP) is 3.28. The van der Waals surface area contributed by atoms with E-state index in [4.69, 9.17) is 16.3 Å². The van der Waals surface area contributed by atoms with E-state index in [2.05, 4.69) is 10.6 Å². The molecule has 0 unspecified atom stereocenters. The number of imide groups is 1. The van der Waals surface area contributed by atoms with Gasteiger partial charge in [-0.05, 0) is 55.3 Å². The lowest BCUT2D eigenvalue weighted by Gasteiger charge is -2.12. The summed E-state index contributed by atoms with van der Waals surface area (Å²) >= 11 is 6.00. The minimum Gasteiger partial charge on any atom is -0.503 e. The molecule has 2 aromatic rings. The normalized spacial score (nSPS) is 14.8. The molecule has 0 radical (unpaired) electrons. The molecular weight excluding hydrogens is 410 g/mol. The van der Waals surface area contributed by atoms with Gasteiger partial charge in [0.25, 0.3) is 5.91 Å². The highest BCUT2D eigenvalue weighted by Gasteiger charge is 2.35. The van der Waals surface area contributed by atoms with Gasteiger partial charge in [0.1, 0.15) is 12.2 Å². The van der Waals surface area contributed by atoms with E-state index in [9.17, 15) is 19.5 Å². The third-order valence-corrected chi connectivity index (χ3v) is 4.52. The van der Waals surface area contributed by atoms with Crippen molar-refractivity contribution < 1.29 is 24.2 Å². The molecule has 8 nitrogen and oxygen atoms in total. The average Bonchev–Trinajstić information content (AvgIpc) is 2.93. The third-order valence-electron chi connectivity index (χ3n) is 4.23. The number of amides is 4. The minimum absolute atomic E-state index is 0.0208. The molecule has 0 spiro atoms. The van der Waals surface area contributed by atoms with E-state index in [0.717, 1.165) is 10.5 Å². The van der Waals surface area contributed by atoms with Crippen molar-refractivity contribution in [3.8, 4) is 11.5 Å². The molecule has 1 saturated heterocycles. The van der Waals surface area contributed by atoms with Gasteiger partial charge in [-0.3, -0.25) is 9.59 Å². The molecule has 1 aliphatic heterocycles. The van der Waals surface area contributed by atoms with Crippen LogP contribution in [0.4, 0.5) is 10.5 Å². The zero-order chi connectivity index (χ0) is 21.8. The topological polar surface area (TPSA) is 108 Å². The number of hydrogen-bond donors (Lipinski definition) is 3. The van der Waals surface area contributed by atoms with Gasteiger partial charge in [0.2, 0.25) is 5.91 Å². The quantitative estimate of drug-likeness (QED) is 0.482. The number of aryl methyl sites for hydroxylation is 1. The number of nitrogens with one attached hydrogen (secondary N) is 2. The highest BCUT2D eigenvalue weighted by atomic mass is 35.5. The largest absolute Gasteiger partial charge is 0.503 e. The van der Waals surface area contributed by atoms with Crippen molar-refractivity contribution in [3.05, 3.63) is 58.2 Å². The van der Waals surface area contributed by atoms with Crippen molar-refractivity contribution in [1.82, 2.24) is 10.2 Å². The van der Waals surface area contributed by atoms with Crippen molar-refractivity contribution in [2.75, 3.05) is 18.5 Å². The molecular formula is C21H20ClN3O5. The summed E-state index contributed by atoms with van der Waals surface area (Å²) in [7, 11) is 0. The van der Waals surface area contributed by atoms with Crippen molar-refractivity contribution in [3.63, 3.8) is 0 Å². The van der Waals surface area contributed by atoms with Crippen LogP contribution in [0.15, 0.2) is 42.1 Å². The van der Waals surface area contributed by atoms with Gasteiger partial charge in [-0.25, -0.2) is 9.69 Å². The number of urea groups is 1. The van der Waals surface area contributed by atoms with E-state index in [1.807, 2.05) is 13.0 Å². The summed E-state index contributed by atoms with van der Waals surface area (Å²) < 4.78 is 5.31. The Morgan fingerprint density at radius 2 is 2.07 bits per heavy atom. The second-order valence-electron chi connectivity index (χ2n) is 6.58. The lowest BCUT2D eigenvalue weighted by Crippen LogP contribution is -2.38. The first-order chi connectivity index (χ1) is 14.3. The molecule has 1 aliphatic rings. The summed E-state index contributed by atoms with van der Waals surface area (Å²) in [6.07, 6.45) is 1.40. The van der Waals surface area contributed by atoms with Crippen LogP contribution in [0.25, 0.3) is 6.08 Å². The lowest BCUT2D eigenvalue weighted by molar-refractivity contribution is -0.127. The van der Waals surface area contributed by atoms with E-state index in [-0.39, 0.29) is 22.2 Å². The summed E-state index contributed by atoms with van der Waals surface area (Å²) in [5.41, 5.74) is 1.96. The van der Waals surface area contributed by atoms with Gasteiger partial charge >= 0.3 is 6.03 Å². The van der Waals surface area contributed by atoms with Gasteiger partial charge < -0.3 is 20.5 Å². The molecule has 3 N–H and O–H groups in total. The second kappa shape index (κ2) is 8.87. The molecule has 30 heavy (non-hydrogen) atoms. The smallest absolute Gasteiger partial charge is 0.329 e. The van der Waals surface area contributed by atoms with Crippen LogP contribution in [0, 0.1) is 6.92 Å². The monoisotopic (exact) mass is 429 g/mol. The fraction of sp³-hybridized carbons (Fsp3) is 0.190. The number of aromatic hydroxyl groups is 1. The molecule has 1 fully saturated rings. The SMILES string of the molecule is CCOc1cc(/C=C2\NC(=O)N(CC(=O)Nc3cccc(C)c3)C2=O)cc(Cl)c1O. The van der Waals surface area contributed by atoms with E-state index in [0.29, 0.717) is 17.9 Å². The molecule has 9 heteroatoms. The highest BCUT2D eigenvalue weighted by molar-refractivity contribution is 6.32. The number of anilines is 1. The maximum Gasteiger partial charge on any atom is 0.329 e. The Bertz CT molecular complexity index is 1050. The molecule has 0 atom stereocenters. The van der Waals surface area contributed by atoms with Crippen LogP contribution in [0.3, 0.4) is 0 Å². The maximum absolute atomic E-state index is 12.6.